The van der Waals surface area contributed by atoms with Gasteiger partial charge in [0.1, 0.15) is 29.7 Å². The minimum Gasteiger partial charge on any atom is -0.471 e. The lowest BCUT2D eigenvalue weighted by molar-refractivity contribution is 0.00739. The highest BCUT2D eigenvalue weighted by Gasteiger charge is 2.29. The number of ether oxygens (including phenoxy) is 2. The van der Waals surface area contributed by atoms with Crippen molar-refractivity contribution in [2.45, 2.75) is 65.7 Å². The van der Waals surface area contributed by atoms with E-state index in [0.717, 1.165) is 18.4 Å². The number of aromatic nitrogens is 6. The maximum Gasteiger partial charge on any atom is 0.410 e. The molecule has 0 aromatic carbocycles. The van der Waals surface area contributed by atoms with Crippen molar-refractivity contribution in [3.63, 3.8) is 0 Å². The lowest BCUT2D eigenvalue weighted by Gasteiger charge is -2.33. The second kappa shape index (κ2) is 8.68. The zero-order chi connectivity index (χ0) is 22.9. The molecule has 3 aromatic heterocycles. The molecule has 1 amide bonds. The molecule has 3 aromatic rings. The molecule has 0 N–H and O–H groups in total. The number of carbonyl (C=O) groups is 1. The second-order valence-corrected chi connectivity index (χ2v) is 8.86. The topological polar surface area (TPSA) is 108 Å². The van der Waals surface area contributed by atoms with Crippen LogP contribution >= 0.6 is 0 Å². The van der Waals surface area contributed by atoms with Crippen LogP contribution in [0, 0.1) is 6.92 Å². The highest BCUT2D eigenvalue weighted by molar-refractivity contribution is 5.81. The predicted octanol–water partition coefficient (Wildman–Crippen LogP) is 3.39. The van der Waals surface area contributed by atoms with Gasteiger partial charge in [-0.3, -0.25) is 0 Å². The fraction of sp³-hybridized carbons (Fsp3) is 0.545. The molecule has 10 nitrogen and oxygen atoms in total. The summed E-state index contributed by atoms with van der Waals surface area (Å²) in [4.78, 5) is 36.3. The van der Waals surface area contributed by atoms with E-state index in [2.05, 4.69) is 19.9 Å². The van der Waals surface area contributed by atoms with Gasteiger partial charge < -0.3 is 18.9 Å². The zero-order valence-corrected chi connectivity index (χ0v) is 19.2. The first-order valence-electron chi connectivity index (χ1n) is 10.9. The fourth-order valence-corrected chi connectivity index (χ4v) is 3.71. The van der Waals surface area contributed by atoms with Gasteiger partial charge in [0.05, 0.1) is 12.1 Å². The molecule has 1 aliphatic heterocycles. The molecule has 0 radical (unpaired) electrons. The van der Waals surface area contributed by atoms with Crippen LogP contribution in [0.2, 0.25) is 0 Å². The van der Waals surface area contributed by atoms with Crippen LogP contribution in [0.5, 0.6) is 5.88 Å². The number of likely N-dealkylation sites (tertiary alicyclic amines) is 1. The first-order valence-corrected chi connectivity index (χ1v) is 10.9. The van der Waals surface area contributed by atoms with Crippen molar-refractivity contribution in [1.29, 1.82) is 0 Å². The average Bonchev–Trinajstić information content (AvgIpc) is 3.13. The van der Waals surface area contributed by atoms with Gasteiger partial charge in [-0.05, 0) is 47.5 Å². The SMILES string of the molecule is CCn1c(-c2cnc(C)nc2)nc2c(OC3CCCN(C(=O)OC(C)(C)C)C3)ncnc21. The average molecular weight is 440 g/mol. The third kappa shape index (κ3) is 4.63. The summed E-state index contributed by atoms with van der Waals surface area (Å²) < 4.78 is 13.7. The molecule has 0 saturated carbocycles. The lowest BCUT2D eigenvalue weighted by atomic mass is 10.1. The van der Waals surface area contributed by atoms with Crippen LogP contribution in [-0.4, -0.2) is 65.3 Å². The highest BCUT2D eigenvalue weighted by atomic mass is 16.6. The molecular formula is C22H29N7O3. The Bertz CT molecular complexity index is 1110. The summed E-state index contributed by atoms with van der Waals surface area (Å²) in [5, 5.41) is 0. The normalized spacial score (nSPS) is 16.9. The van der Waals surface area contributed by atoms with Crippen LogP contribution in [0.15, 0.2) is 18.7 Å². The van der Waals surface area contributed by atoms with Crippen LogP contribution < -0.4 is 4.74 Å². The molecule has 1 fully saturated rings. The van der Waals surface area contributed by atoms with Crippen molar-refractivity contribution < 1.29 is 14.3 Å². The van der Waals surface area contributed by atoms with Crippen molar-refractivity contribution in [3.8, 4) is 17.3 Å². The van der Waals surface area contributed by atoms with E-state index in [1.165, 1.54) is 6.33 Å². The predicted molar refractivity (Wildman–Crippen MR) is 118 cm³/mol. The lowest BCUT2D eigenvalue weighted by Crippen LogP contribution is -2.46. The quantitative estimate of drug-likeness (QED) is 0.609. The molecule has 10 heteroatoms. The van der Waals surface area contributed by atoms with E-state index in [9.17, 15) is 4.79 Å². The summed E-state index contributed by atoms with van der Waals surface area (Å²) in [6.07, 6.45) is 6.11. The molecule has 1 unspecified atom stereocenters. The Balaban J connectivity index is 1.59. The number of aryl methyl sites for hydroxylation is 2. The second-order valence-electron chi connectivity index (χ2n) is 8.86. The standard InChI is InChI=1S/C22H29N7O3/c1-6-29-18(15-10-23-14(2)24-11-15)27-17-19(29)25-13-26-20(17)31-16-8-7-9-28(12-16)21(30)32-22(3,4)5/h10-11,13,16H,6-9,12H2,1-5H3. The Morgan fingerprint density at radius 2 is 1.94 bits per heavy atom. The fourth-order valence-electron chi connectivity index (χ4n) is 3.71. The third-order valence-corrected chi connectivity index (χ3v) is 5.16. The van der Waals surface area contributed by atoms with Gasteiger partial charge in [0.15, 0.2) is 11.2 Å². The molecular weight excluding hydrogens is 410 g/mol. The van der Waals surface area contributed by atoms with Crippen molar-refractivity contribution in [3.05, 3.63) is 24.5 Å². The molecule has 4 heterocycles. The van der Waals surface area contributed by atoms with Gasteiger partial charge in [-0.25, -0.2) is 24.7 Å². The maximum atomic E-state index is 12.5. The Labute approximate surface area is 187 Å². The summed E-state index contributed by atoms with van der Waals surface area (Å²) in [6, 6.07) is 0. The minimum atomic E-state index is -0.535. The number of carbonyl (C=O) groups excluding carboxylic acids is 1. The van der Waals surface area contributed by atoms with Crippen molar-refractivity contribution in [2.24, 2.45) is 0 Å². The zero-order valence-electron chi connectivity index (χ0n) is 19.2. The minimum absolute atomic E-state index is 0.202. The van der Waals surface area contributed by atoms with E-state index in [1.54, 1.807) is 17.3 Å². The van der Waals surface area contributed by atoms with E-state index < -0.39 is 5.60 Å². The number of hydrogen-bond acceptors (Lipinski definition) is 8. The highest BCUT2D eigenvalue weighted by Crippen LogP contribution is 2.29. The summed E-state index contributed by atoms with van der Waals surface area (Å²) in [7, 11) is 0. The molecule has 170 valence electrons. The van der Waals surface area contributed by atoms with Crippen LogP contribution in [0.25, 0.3) is 22.6 Å². The van der Waals surface area contributed by atoms with Crippen molar-refractivity contribution in [2.75, 3.05) is 13.1 Å². The van der Waals surface area contributed by atoms with E-state index in [4.69, 9.17) is 14.5 Å². The van der Waals surface area contributed by atoms with E-state index in [-0.39, 0.29) is 12.2 Å². The Kier molecular flexibility index (Phi) is 5.94. The number of piperidine rings is 1. The maximum absolute atomic E-state index is 12.5. The molecule has 1 atom stereocenters. The van der Waals surface area contributed by atoms with Gasteiger partial charge >= 0.3 is 6.09 Å². The van der Waals surface area contributed by atoms with Crippen molar-refractivity contribution >= 4 is 17.3 Å². The van der Waals surface area contributed by atoms with Crippen LogP contribution in [0.1, 0.15) is 46.4 Å². The summed E-state index contributed by atoms with van der Waals surface area (Å²) in [5.74, 6) is 1.82. The molecule has 4 rings (SSSR count). The molecule has 1 saturated heterocycles. The van der Waals surface area contributed by atoms with Gasteiger partial charge in [0, 0.05) is 25.5 Å². The number of hydrogen-bond donors (Lipinski definition) is 0. The smallest absolute Gasteiger partial charge is 0.410 e. The Morgan fingerprint density at radius 3 is 2.62 bits per heavy atom. The monoisotopic (exact) mass is 439 g/mol. The third-order valence-electron chi connectivity index (χ3n) is 5.16. The molecule has 32 heavy (non-hydrogen) atoms. The molecule has 0 bridgehead atoms. The van der Waals surface area contributed by atoms with E-state index in [0.29, 0.717) is 48.3 Å². The number of imidazole rings is 1. The van der Waals surface area contributed by atoms with Crippen LogP contribution in [0.3, 0.4) is 0 Å². The molecule has 0 spiro atoms. The van der Waals surface area contributed by atoms with Crippen LogP contribution in [-0.2, 0) is 11.3 Å². The summed E-state index contributed by atoms with van der Waals surface area (Å²) >= 11 is 0. The van der Waals surface area contributed by atoms with E-state index in [1.807, 2.05) is 39.2 Å². The molecule has 1 aliphatic rings. The van der Waals surface area contributed by atoms with E-state index >= 15 is 0 Å². The number of rotatable bonds is 4. The molecule has 0 aliphatic carbocycles. The van der Waals surface area contributed by atoms with Gasteiger partial charge in [0.2, 0.25) is 5.88 Å². The largest absolute Gasteiger partial charge is 0.471 e. The van der Waals surface area contributed by atoms with Gasteiger partial charge in [-0.15, -0.1) is 0 Å². The first kappa shape index (κ1) is 21.9. The summed E-state index contributed by atoms with van der Waals surface area (Å²) in [6.45, 7) is 11.2. The number of amides is 1. The Morgan fingerprint density at radius 1 is 1.19 bits per heavy atom. The summed E-state index contributed by atoms with van der Waals surface area (Å²) in [5.41, 5.74) is 1.54. The van der Waals surface area contributed by atoms with Crippen molar-refractivity contribution in [1.82, 2.24) is 34.4 Å². The van der Waals surface area contributed by atoms with Gasteiger partial charge in [0.25, 0.3) is 0 Å². The van der Waals surface area contributed by atoms with Gasteiger partial charge in [-0.2, -0.15) is 4.98 Å². The van der Waals surface area contributed by atoms with Crippen LogP contribution in [0.4, 0.5) is 4.79 Å². The first-order chi connectivity index (χ1) is 15.2. The van der Waals surface area contributed by atoms with Gasteiger partial charge in [-0.1, -0.05) is 0 Å². The Hall–Kier alpha value is -3.30. The number of nitrogens with zero attached hydrogens (tertiary/aromatic N) is 7. The number of fused-ring (bicyclic) bond motifs is 1.